The second-order valence-corrected chi connectivity index (χ2v) is 12.1. The van der Waals surface area contributed by atoms with Crippen molar-refractivity contribution >= 4 is 40.3 Å². The van der Waals surface area contributed by atoms with Crippen LogP contribution in [-0.2, 0) is 27.2 Å². The highest BCUT2D eigenvalue weighted by Gasteiger charge is 2.34. The summed E-state index contributed by atoms with van der Waals surface area (Å²) in [4.78, 5) is 32.5. The zero-order valence-electron chi connectivity index (χ0n) is 22.6. The Morgan fingerprint density at radius 3 is 2.59 bits per heavy atom. The standard InChI is InChI=1S/C28H35FIN3O6/c1-28(2,3)24(15-34)33-14-20(27(36)39-31)26(35)19-11-16(23(37-4)13-22(19)33)9-17-10-18(12-21(30)25(17)29)32-5-7-38-8-6-32/h10-12,14,23-24,34H,5-9,13,15,31H2,1-4H3/t23?,24-/m1/s1. The van der Waals surface area contributed by atoms with Gasteiger partial charge in [-0.3, -0.25) is 4.79 Å². The molecule has 1 unspecified atom stereocenters. The highest BCUT2D eigenvalue weighted by Crippen LogP contribution is 2.36. The molecule has 9 nitrogen and oxygen atoms in total. The lowest BCUT2D eigenvalue weighted by atomic mass is 9.84. The minimum Gasteiger partial charge on any atom is -0.394 e. The van der Waals surface area contributed by atoms with E-state index in [1.807, 2.05) is 55.5 Å². The van der Waals surface area contributed by atoms with E-state index < -0.39 is 29.0 Å². The van der Waals surface area contributed by atoms with Crippen molar-refractivity contribution in [2.45, 2.75) is 45.8 Å². The molecule has 1 aliphatic heterocycles. The number of nitrogens with two attached hydrogens (primary N) is 1. The fourth-order valence-electron chi connectivity index (χ4n) is 5.29. The number of morpholine rings is 1. The van der Waals surface area contributed by atoms with Crippen molar-refractivity contribution in [1.29, 1.82) is 0 Å². The maximum Gasteiger partial charge on any atom is 0.362 e. The molecule has 212 valence electrons. The van der Waals surface area contributed by atoms with Crippen molar-refractivity contribution in [2.75, 3.05) is 44.9 Å². The summed E-state index contributed by atoms with van der Waals surface area (Å²) >= 11 is 2.00. The van der Waals surface area contributed by atoms with Crippen LogP contribution < -0.4 is 16.2 Å². The number of nitrogens with zero attached hydrogens (tertiary/aromatic N) is 2. The molecule has 1 saturated heterocycles. The van der Waals surface area contributed by atoms with Gasteiger partial charge in [-0.05, 0) is 63.8 Å². The predicted molar refractivity (Wildman–Crippen MR) is 154 cm³/mol. The van der Waals surface area contributed by atoms with Gasteiger partial charge in [0, 0.05) is 49.8 Å². The maximum atomic E-state index is 15.4. The molecular formula is C28H35FIN3O6. The summed E-state index contributed by atoms with van der Waals surface area (Å²) in [5.41, 5.74) is 1.83. The van der Waals surface area contributed by atoms with Gasteiger partial charge in [-0.1, -0.05) is 20.8 Å². The van der Waals surface area contributed by atoms with E-state index >= 15 is 4.39 Å². The number of pyridine rings is 1. The average molecular weight is 656 g/mol. The molecule has 2 heterocycles. The topological polar surface area (TPSA) is 116 Å². The summed E-state index contributed by atoms with van der Waals surface area (Å²) in [5, 5.41) is 10.3. The number of hydrogen-bond acceptors (Lipinski definition) is 8. The zero-order chi connectivity index (χ0) is 28.5. The van der Waals surface area contributed by atoms with Crippen LogP contribution in [0.25, 0.3) is 6.08 Å². The number of ether oxygens (including phenoxy) is 2. The molecule has 0 spiro atoms. The van der Waals surface area contributed by atoms with Crippen molar-refractivity contribution in [2.24, 2.45) is 11.3 Å². The third-order valence-corrected chi connectivity index (χ3v) is 8.27. The largest absolute Gasteiger partial charge is 0.394 e. The minimum atomic E-state index is -0.968. The number of carbonyl (C=O) groups excluding carboxylic acids is 1. The van der Waals surface area contributed by atoms with Crippen LogP contribution >= 0.6 is 22.6 Å². The second kappa shape index (κ2) is 12.0. The van der Waals surface area contributed by atoms with Crippen LogP contribution in [0.4, 0.5) is 10.1 Å². The second-order valence-electron chi connectivity index (χ2n) is 10.9. The summed E-state index contributed by atoms with van der Waals surface area (Å²) < 4.78 is 28.9. The van der Waals surface area contributed by atoms with E-state index in [4.69, 9.17) is 15.4 Å². The van der Waals surface area contributed by atoms with Crippen LogP contribution in [0.3, 0.4) is 0 Å². The normalized spacial score (nSPS) is 18.4. The number of carbonyl (C=O) groups is 1. The molecule has 4 rings (SSSR count). The molecule has 11 heteroatoms. The highest BCUT2D eigenvalue weighted by molar-refractivity contribution is 14.1. The van der Waals surface area contributed by atoms with Gasteiger partial charge in [0.25, 0.3) is 0 Å². The number of rotatable bonds is 7. The van der Waals surface area contributed by atoms with Crippen molar-refractivity contribution in [3.8, 4) is 0 Å². The van der Waals surface area contributed by atoms with Crippen LogP contribution in [0.2, 0.25) is 0 Å². The monoisotopic (exact) mass is 655 g/mol. The molecule has 1 aromatic carbocycles. The predicted octanol–water partition coefficient (Wildman–Crippen LogP) is 3.24. The fourth-order valence-corrected chi connectivity index (χ4v) is 5.95. The molecule has 2 aliphatic rings. The van der Waals surface area contributed by atoms with Crippen LogP contribution in [0.1, 0.15) is 54.0 Å². The summed E-state index contributed by atoms with van der Waals surface area (Å²) in [5.74, 6) is 3.85. The van der Waals surface area contributed by atoms with Gasteiger partial charge in [0.1, 0.15) is 11.4 Å². The summed E-state index contributed by atoms with van der Waals surface area (Å²) in [6.07, 6.45) is 3.16. The minimum absolute atomic E-state index is 0.214. The van der Waals surface area contributed by atoms with Gasteiger partial charge in [-0.15, -0.1) is 0 Å². The zero-order valence-corrected chi connectivity index (χ0v) is 24.8. The number of aliphatic hydroxyl groups is 1. The Bertz CT molecular complexity index is 1330. The number of aliphatic hydroxyl groups excluding tert-OH is 1. The number of anilines is 1. The third kappa shape index (κ3) is 6.07. The molecule has 2 atom stereocenters. The van der Waals surface area contributed by atoms with Gasteiger partial charge in [-0.2, -0.15) is 5.90 Å². The Hall–Kier alpha value is -2.32. The average Bonchev–Trinajstić information content (AvgIpc) is 2.91. The Labute approximate surface area is 240 Å². The molecule has 39 heavy (non-hydrogen) atoms. The Balaban J connectivity index is 1.85. The van der Waals surface area contributed by atoms with Crippen LogP contribution in [-0.4, -0.2) is 61.8 Å². The first-order valence-corrected chi connectivity index (χ1v) is 13.9. The molecule has 1 aromatic heterocycles. The number of hydrogen-bond donors (Lipinski definition) is 2. The van der Waals surface area contributed by atoms with Crippen LogP contribution in [0.15, 0.2) is 28.7 Å². The number of fused-ring (bicyclic) bond motifs is 1. The lowest BCUT2D eigenvalue weighted by Gasteiger charge is -2.36. The lowest BCUT2D eigenvalue weighted by molar-refractivity contribution is 0.0498. The summed E-state index contributed by atoms with van der Waals surface area (Å²) in [7, 11) is 1.57. The van der Waals surface area contributed by atoms with E-state index in [1.165, 1.54) is 6.20 Å². The first kappa shape index (κ1) is 29.7. The maximum absolute atomic E-state index is 15.4. The summed E-state index contributed by atoms with van der Waals surface area (Å²) in [6, 6.07) is 3.22. The van der Waals surface area contributed by atoms with E-state index in [-0.39, 0.29) is 30.0 Å². The van der Waals surface area contributed by atoms with E-state index in [9.17, 15) is 14.7 Å². The number of aromatic nitrogens is 1. The first-order valence-electron chi connectivity index (χ1n) is 12.8. The van der Waals surface area contributed by atoms with E-state index in [0.717, 1.165) is 18.8 Å². The third-order valence-electron chi connectivity index (χ3n) is 7.48. The molecule has 0 bridgehead atoms. The molecule has 1 fully saturated rings. The molecular weight excluding hydrogens is 620 g/mol. The van der Waals surface area contributed by atoms with Gasteiger partial charge in [0.05, 0.1) is 35.5 Å². The van der Waals surface area contributed by atoms with Crippen molar-refractivity contribution < 1.29 is 28.6 Å². The van der Waals surface area contributed by atoms with Crippen molar-refractivity contribution in [1.82, 2.24) is 4.57 Å². The summed E-state index contributed by atoms with van der Waals surface area (Å²) in [6.45, 7) is 8.33. The molecule has 3 N–H and O–H groups in total. The smallest absolute Gasteiger partial charge is 0.362 e. The fraction of sp³-hybridized carbons (Fsp3) is 0.500. The molecule has 0 radical (unpaired) electrons. The highest BCUT2D eigenvalue weighted by atomic mass is 127. The molecule has 1 aliphatic carbocycles. The Kier molecular flexibility index (Phi) is 9.16. The van der Waals surface area contributed by atoms with Gasteiger partial charge >= 0.3 is 5.97 Å². The van der Waals surface area contributed by atoms with E-state index in [0.29, 0.717) is 40.0 Å². The first-order chi connectivity index (χ1) is 18.5. The molecule has 0 saturated carbocycles. The Morgan fingerprint density at radius 2 is 2.00 bits per heavy atom. The quantitative estimate of drug-likeness (QED) is 0.345. The number of benzene rings is 1. The van der Waals surface area contributed by atoms with E-state index in [2.05, 4.69) is 9.74 Å². The van der Waals surface area contributed by atoms with Crippen molar-refractivity contribution in [3.05, 3.63) is 65.9 Å². The van der Waals surface area contributed by atoms with E-state index in [1.54, 1.807) is 17.8 Å². The lowest BCUT2D eigenvalue weighted by Crippen LogP contribution is -2.37. The van der Waals surface area contributed by atoms with Gasteiger partial charge in [-0.25, -0.2) is 9.18 Å². The number of methoxy groups -OCH3 is 1. The SMILES string of the molecule is COC1Cc2c(c(=O)c(C(=O)ON)cn2[C@H](CO)C(C)(C)C)C=C1Cc1cc(N2CCOCC2)cc(I)c1F. The Morgan fingerprint density at radius 1 is 1.31 bits per heavy atom. The van der Waals surface area contributed by atoms with Crippen LogP contribution in [0, 0.1) is 14.8 Å². The van der Waals surface area contributed by atoms with Gasteiger partial charge < -0.3 is 28.9 Å². The molecule has 0 amide bonds. The number of halogens is 2. The van der Waals surface area contributed by atoms with Crippen molar-refractivity contribution in [3.63, 3.8) is 0 Å². The van der Waals surface area contributed by atoms with Crippen LogP contribution in [0.5, 0.6) is 0 Å². The molecule has 2 aromatic rings. The van der Waals surface area contributed by atoms with Gasteiger partial charge in [0.15, 0.2) is 0 Å². The van der Waals surface area contributed by atoms with Gasteiger partial charge in [0.2, 0.25) is 5.43 Å².